The number of rotatable bonds is 10. The zero-order valence-electron chi connectivity index (χ0n) is 15.7. The first kappa shape index (κ1) is 19.0. The molecular formula is C20H31N3S2. The van der Waals surface area contributed by atoms with Gasteiger partial charge in [-0.3, -0.25) is 0 Å². The van der Waals surface area contributed by atoms with E-state index >= 15 is 0 Å². The van der Waals surface area contributed by atoms with Crippen LogP contribution < -0.4 is 5.32 Å². The summed E-state index contributed by atoms with van der Waals surface area (Å²) in [4.78, 5) is 12.5. The van der Waals surface area contributed by atoms with E-state index in [0.29, 0.717) is 0 Å². The summed E-state index contributed by atoms with van der Waals surface area (Å²) in [5, 5.41) is 5.91. The third kappa shape index (κ3) is 4.88. The predicted octanol–water partition coefficient (Wildman–Crippen LogP) is 6.45. The van der Waals surface area contributed by atoms with Crippen molar-refractivity contribution in [3.63, 3.8) is 0 Å². The molecule has 25 heavy (non-hydrogen) atoms. The number of thiophene rings is 1. The molecule has 1 aliphatic carbocycles. The van der Waals surface area contributed by atoms with E-state index in [1.165, 1.54) is 80.0 Å². The third-order valence-corrected chi connectivity index (χ3v) is 6.81. The number of unbranched alkanes of at least 4 members (excludes halogenated alkanes) is 5. The van der Waals surface area contributed by atoms with Crippen LogP contribution in [0, 0.1) is 0 Å². The third-order valence-electron chi connectivity index (χ3n) is 4.89. The second-order valence-electron chi connectivity index (χ2n) is 6.87. The number of anilines is 1. The Balaban J connectivity index is 1.71. The summed E-state index contributed by atoms with van der Waals surface area (Å²) in [6.45, 7) is 5.47. The van der Waals surface area contributed by atoms with Crippen LogP contribution in [0.15, 0.2) is 5.16 Å². The van der Waals surface area contributed by atoms with Crippen LogP contribution in [0.25, 0.3) is 10.2 Å². The van der Waals surface area contributed by atoms with Crippen LogP contribution in [0.1, 0.15) is 75.7 Å². The number of hydrogen-bond acceptors (Lipinski definition) is 5. The van der Waals surface area contributed by atoms with Gasteiger partial charge in [-0.2, -0.15) is 0 Å². The first-order valence-corrected chi connectivity index (χ1v) is 11.8. The van der Waals surface area contributed by atoms with E-state index in [4.69, 9.17) is 9.97 Å². The summed E-state index contributed by atoms with van der Waals surface area (Å²) in [6.07, 6.45) is 13.0. The topological polar surface area (TPSA) is 37.8 Å². The van der Waals surface area contributed by atoms with Gasteiger partial charge in [0.05, 0.1) is 5.39 Å². The molecule has 2 aromatic rings. The summed E-state index contributed by atoms with van der Waals surface area (Å²) in [5.41, 5.74) is 1.53. The van der Waals surface area contributed by atoms with Gasteiger partial charge in [0.2, 0.25) is 0 Å². The molecule has 2 aromatic heterocycles. The van der Waals surface area contributed by atoms with Crippen molar-refractivity contribution in [1.29, 1.82) is 0 Å². The second-order valence-corrected chi connectivity index (χ2v) is 9.19. The molecule has 0 radical (unpaired) electrons. The van der Waals surface area contributed by atoms with Crippen LogP contribution in [0.4, 0.5) is 5.82 Å². The van der Waals surface area contributed by atoms with Crippen molar-refractivity contribution in [1.82, 2.24) is 9.97 Å². The molecule has 0 unspecified atom stereocenters. The maximum atomic E-state index is 4.87. The SMILES string of the molecule is CCCCCCCCNc1nc(SCC)nc2sc3c(c12)CCCC3. The summed E-state index contributed by atoms with van der Waals surface area (Å²) in [6, 6.07) is 0. The van der Waals surface area contributed by atoms with Crippen molar-refractivity contribution in [2.75, 3.05) is 17.6 Å². The first-order chi connectivity index (χ1) is 12.3. The number of hydrogen-bond donors (Lipinski definition) is 1. The van der Waals surface area contributed by atoms with Gasteiger partial charge in [-0.05, 0) is 43.4 Å². The highest BCUT2D eigenvalue weighted by Crippen LogP contribution is 2.39. The van der Waals surface area contributed by atoms with E-state index in [1.54, 1.807) is 16.6 Å². The quantitative estimate of drug-likeness (QED) is 0.293. The summed E-state index contributed by atoms with van der Waals surface area (Å²) in [5.74, 6) is 2.11. The fourth-order valence-electron chi connectivity index (χ4n) is 3.57. The minimum atomic E-state index is 0.930. The smallest absolute Gasteiger partial charge is 0.190 e. The van der Waals surface area contributed by atoms with Crippen LogP contribution in [-0.4, -0.2) is 22.3 Å². The number of fused-ring (bicyclic) bond motifs is 3. The lowest BCUT2D eigenvalue weighted by Gasteiger charge is -2.13. The molecule has 2 heterocycles. The number of nitrogens with zero attached hydrogens (tertiary/aromatic N) is 2. The Morgan fingerprint density at radius 1 is 1.00 bits per heavy atom. The average Bonchev–Trinajstić information content (AvgIpc) is 2.99. The summed E-state index contributed by atoms with van der Waals surface area (Å²) < 4.78 is 0. The standard InChI is InChI=1S/C20H31N3S2/c1-3-5-6-7-8-11-14-21-18-17-15-12-9-10-13-16(15)25-19(17)23-20(22-18)24-4-2/h3-14H2,1-2H3,(H,21,22,23). The van der Waals surface area contributed by atoms with Crippen molar-refractivity contribution in [3.8, 4) is 0 Å². The molecule has 0 aromatic carbocycles. The van der Waals surface area contributed by atoms with Gasteiger partial charge in [0.25, 0.3) is 0 Å². The number of aromatic nitrogens is 2. The lowest BCUT2D eigenvalue weighted by atomic mass is 9.97. The number of thioether (sulfide) groups is 1. The fourth-order valence-corrected chi connectivity index (χ4v) is 5.46. The molecule has 0 saturated heterocycles. The molecule has 0 amide bonds. The van der Waals surface area contributed by atoms with Gasteiger partial charge in [-0.1, -0.05) is 57.7 Å². The minimum absolute atomic E-state index is 0.930. The maximum Gasteiger partial charge on any atom is 0.190 e. The Labute approximate surface area is 160 Å². The first-order valence-electron chi connectivity index (χ1n) is 10.0. The van der Waals surface area contributed by atoms with E-state index in [-0.39, 0.29) is 0 Å². The van der Waals surface area contributed by atoms with Gasteiger partial charge in [0.15, 0.2) is 5.16 Å². The van der Waals surface area contributed by atoms with Crippen LogP contribution in [0.5, 0.6) is 0 Å². The van der Waals surface area contributed by atoms with E-state index in [9.17, 15) is 0 Å². The van der Waals surface area contributed by atoms with Crippen molar-refractivity contribution >= 4 is 39.1 Å². The van der Waals surface area contributed by atoms with Gasteiger partial charge >= 0.3 is 0 Å². The Morgan fingerprint density at radius 3 is 2.64 bits per heavy atom. The van der Waals surface area contributed by atoms with Gasteiger partial charge in [-0.25, -0.2) is 9.97 Å². The zero-order chi connectivity index (χ0) is 17.5. The largest absolute Gasteiger partial charge is 0.369 e. The van der Waals surface area contributed by atoms with Crippen molar-refractivity contribution in [2.24, 2.45) is 0 Å². The Kier molecular flexibility index (Phi) is 7.41. The molecule has 3 nitrogen and oxygen atoms in total. The van der Waals surface area contributed by atoms with Crippen molar-refractivity contribution < 1.29 is 0 Å². The highest BCUT2D eigenvalue weighted by molar-refractivity contribution is 7.99. The fraction of sp³-hybridized carbons (Fsp3) is 0.700. The maximum absolute atomic E-state index is 4.87. The lowest BCUT2D eigenvalue weighted by Crippen LogP contribution is -2.07. The van der Waals surface area contributed by atoms with E-state index < -0.39 is 0 Å². The van der Waals surface area contributed by atoms with Crippen LogP contribution in [0.3, 0.4) is 0 Å². The Hall–Kier alpha value is -0.810. The number of aryl methyl sites for hydroxylation is 2. The van der Waals surface area contributed by atoms with E-state index in [1.807, 2.05) is 11.3 Å². The van der Waals surface area contributed by atoms with Gasteiger partial charge in [0.1, 0.15) is 10.6 Å². The molecule has 1 N–H and O–H groups in total. The lowest BCUT2D eigenvalue weighted by molar-refractivity contribution is 0.616. The minimum Gasteiger partial charge on any atom is -0.369 e. The second kappa shape index (κ2) is 9.77. The molecule has 0 bridgehead atoms. The van der Waals surface area contributed by atoms with Crippen molar-refractivity contribution in [2.45, 2.75) is 83.2 Å². The molecule has 0 aliphatic heterocycles. The molecule has 0 fully saturated rings. The van der Waals surface area contributed by atoms with Crippen LogP contribution in [0.2, 0.25) is 0 Å². The molecule has 138 valence electrons. The van der Waals surface area contributed by atoms with Gasteiger partial charge in [0, 0.05) is 11.4 Å². The average molecular weight is 378 g/mol. The summed E-state index contributed by atoms with van der Waals surface area (Å²) >= 11 is 3.65. The monoisotopic (exact) mass is 377 g/mol. The molecule has 0 spiro atoms. The molecule has 0 saturated carbocycles. The Bertz CT molecular complexity index is 681. The van der Waals surface area contributed by atoms with Gasteiger partial charge in [-0.15, -0.1) is 11.3 Å². The van der Waals surface area contributed by atoms with Crippen LogP contribution in [-0.2, 0) is 12.8 Å². The Morgan fingerprint density at radius 2 is 1.80 bits per heavy atom. The highest BCUT2D eigenvalue weighted by atomic mass is 32.2. The highest BCUT2D eigenvalue weighted by Gasteiger charge is 2.21. The van der Waals surface area contributed by atoms with Gasteiger partial charge < -0.3 is 5.32 Å². The molecule has 0 atom stereocenters. The van der Waals surface area contributed by atoms with Crippen molar-refractivity contribution in [3.05, 3.63) is 10.4 Å². The zero-order valence-corrected chi connectivity index (χ0v) is 17.3. The number of nitrogens with one attached hydrogen (secondary N) is 1. The normalized spacial score (nSPS) is 14.0. The molecule has 3 rings (SSSR count). The molecule has 1 aliphatic rings. The van der Waals surface area contributed by atoms with Crippen LogP contribution >= 0.6 is 23.1 Å². The molecule has 5 heteroatoms. The van der Waals surface area contributed by atoms with E-state index in [0.717, 1.165) is 23.3 Å². The molecular weight excluding hydrogens is 346 g/mol. The summed E-state index contributed by atoms with van der Waals surface area (Å²) in [7, 11) is 0. The predicted molar refractivity (Wildman–Crippen MR) is 112 cm³/mol. The van der Waals surface area contributed by atoms with E-state index in [2.05, 4.69) is 19.2 Å².